The van der Waals surface area contributed by atoms with E-state index in [-0.39, 0.29) is 6.61 Å². The molecule has 2 aromatic rings. The van der Waals surface area contributed by atoms with Crippen molar-refractivity contribution < 1.29 is 9.53 Å². The molecule has 0 amide bonds. The number of aryl methyl sites for hydroxylation is 1. The third kappa shape index (κ3) is 2.93. The summed E-state index contributed by atoms with van der Waals surface area (Å²) in [6, 6.07) is 8.40. The van der Waals surface area contributed by atoms with Gasteiger partial charge < -0.3 is 4.74 Å². The Labute approximate surface area is 108 Å². The van der Waals surface area contributed by atoms with Gasteiger partial charge in [-0.2, -0.15) is 5.26 Å². The Kier molecular flexibility index (Phi) is 3.70. The van der Waals surface area contributed by atoms with Crippen LogP contribution in [0.2, 0.25) is 0 Å². The van der Waals surface area contributed by atoms with Crippen LogP contribution in [0.25, 0.3) is 0 Å². The number of aromatic nitrogens is 1. The van der Waals surface area contributed by atoms with Crippen molar-refractivity contribution >= 4 is 17.3 Å². The van der Waals surface area contributed by atoms with Gasteiger partial charge in [-0.3, -0.25) is 0 Å². The molecule has 0 spiro atoms. The highest BCUT2D eigenvalue weighted by atomic mass is 32.1. The van der Waals surface area contributed by atoms with E-state index in [2.05, 4.69) is 4.98 Å². The number of nitrogens with zero attached hydrogens (tertiary/aromatic N) is 2. The predicted molar refractivity (Wildman–Crippen MR) is 67.1 cm³/mol. The number of esters is 1. The number of carbonyl (C=O) groups excluding carboxylic acids is 1. The molecule has 0 aliphatic carbocycles. The Hall–Kier alpha value is -2.19. The second kappa shape index (κ2) is 5.43. The fourth-order valence-corrected chi connectivity index (χ4v) is 2.01. The highest BCUT2D eigenvalue weighted by molar-refractivity contribution is 7.09. The van der Waals surface area contributed by atoms with E-state index >= 15 is 0 Å². The average molecular weight is 258 g/mol. The molecule has 0 atom stereocenters. The lowest BCUT2D eigenvalue weighted by molar-refractivity contribution is 0.0468. The standard InChI is InChI=1S/C13H10N2O2S/c1-9-15-12(8-18-9)7-17-13(16)11-4-2-3-10(5-11)6-14/h2-5,8H,7H2,1H3. The van der Waals surface area contributed by atoms with Crippen LogP contribution in [0.3, 0.4) is 0 Å². The van der Waals surface area contributed by atoms with E-state index in [1.807, 2.05) is 18.4 Å². The Balaban J connectivity index is 2.01. The Morgan fingerprint density at radius 2 is 2.39 bits per heavy atom. The van der Waals surface area contributed by atoms with Crippen molar-refractivity contribution in [2.75, 3.05) is 0 Å². The molecule has 1 aromatic carbocycles. The fraction of sp³-hybridized carbons (Fsp3) is 0.154. The summed E-state index contributed by atoms with van der Waals surface area (Å²) in [5, 5.41) is 11.5. The van der Waals surface area contributed by atoms with Crippen LogP contribution in [0.4, 0.5) is 0 Å². The second-order valence-electron chi connectivity index (χ2n) is 3.63. The topological polar surface area (TPSA) is 63.0 Å². The third-order valence-electron chi connectivity index (χ3n) is 2.25. The highest BCUT2D eigenvalue weighted by Gasteiger charge is 2.09. The molecule has 0 aliphatic heterocycles. The molecular formula is C13H10N2O2S. The van der Waals surface area contributed by atoms with Crippen LogP contribution >= 0.6 is 11.3 Å². The molecule has 4 nitrogen and oxygen atoms in total. The molecule has 90 valence electrons. The van der Waals surface area contributed by atoms with Gasteiger partial charge in [-0.1, -0.05) is 6.07 Å². The van der Waals surface area contributed by atoms with E-state index < -0.39 is 5.97 Å². The van der Waals surface area contributed by atoms with E-state index in [0.717, 1.165) is 10.7 Å². The van der Waals surface area contributed by atoms with Gasteiger partial charge in [0, 0.05) is 5.38 Å². The first-order valence-corrected chi connectivity index (χ1v) is 6.15. The first-order chi connectivity index (χ1) is 8.69. The molecular weight excluding hydrogens is 248 g/mol. The first kappa shape index (κ1) is 12.3. The lowest BCUT2D eigenvalue weighted by Crippen LogP contribution is -2.05. The molecule has 0 N–H and O–H groups in total. The largest absolute Gasteiger partial charge is 0.456 e. The fourth-order valence-electron chi connectivity index (χ4n) is 1.41. The summed E-state index contributed by atoms with van der Waals surface area (Å²) in [5.74, 6) is -0.447. The number of thiazole rings is 1. The maximum atomic E-state index is 11.7. The quantitative estimate of drug-likeness (QED) is 0.794. The normalized spacial score (nSPS) is 9.78. The maximum Gasteiger partial charge on any atom is 0.338 e. The van der Waals surface area contributed by atoms with Gasteiger partial charge in [-0.25, -0.2) is 9.78 Å². The molecule has 0 saturated carbocycles. The summed E-state index contributed by atoms with van der Waals surface area (Å²) < 4.78 is 5.12. The van der Waals surface area contributed by atoms with Gasteiger partial charge in [0.25, 0.3) is 0 Å². The summed E-state index contributed by atoms with van der Waals surface area (Å²) in [6.45, 7) is 2.05. The maximum absolute atomic E-state index is 11.7. The van der Waals surface area contributed by atoms with Crippen LogP contribution in [0, 0.1) is 18.3 Å². The summed E-state index contributed by atoms with van der Waals surface area (Å²) in [4.78, 5) is 15.9. The number of benzene rings is 1. The van der Waals surface area contributed by atoms with Crippen LogP contribution in [-0.4, -0.2) is 11.0 Å². The minimum Gasteiger partial charge on any atom is -0.456 e. The smallest absolute Gasteiger partial charge is 0.338 e. The van der Waals surface area contributed by atoms with Crippen LogP contribution in [0.15, 0.2) is 29.6 Å². The van der Waals surface area contributed by atoms with Gasteiger partial charge >= 0.3 is 5.97 Å². The van der Waals surface area contributed by atoms with E-state index in [9.17, 15) is 4.79 Å². The monoisotopic (exact) mass is 258 g/mol. The van der Waals surface area contributed by atoms with Crippen molar-refractivity contribution in [1.82, 2.24) is 4.98 Å². The van der Waals surface area contributed by atoms with Crippen molar-refractivity contribution in [3.8, 4) is 6.07 Å². The molecule has 18 heavy (non-hydrogen) atoms. The summed E-state index contributed by atoms with van der Waals surface area (Å²) in [6.07, 6.45) is 0. The number of hydrogen-bond donors (Lipinski definition) is 0. The minimum atomic E-state index is -0.447. The molecule has 5 heteroatoms. The molecule has 1 heterocycles. The molecule has 1 aromatic heterocycles. The highest BCUT2D eigenvalue weighted by Crippen LogP contribution is 2.11. The van der Waals surface area contributed by atoms with Crippen molar-refractivity contribution in [3.63, 3.8) is 0 Å². The van der Waals surface area contributed by atoms with Crippen molar-refractivity contribution in [2.24, 2.45) is 0 Å². The number of ether oxygens (including phenoxy) is 1. The zero-order valence-electron chi connectivity index (χ0n) is 9.71. The van der Waals surface area contributed by atoms with E-state index in [0.29, 0.717) is 11.1 Å². The van der Waals surface area contributed by atoms with E-state index in [1.54, 1.807) is 18.2 Å². The number of rotatable bonds is 3. The van der Waals surface area contributed by atoms with Crippen molar-refractivity contribution in [3.05, 3.63) is 51.5 Å². The summed E-state index contributed by atoms with van der Waals surface area (Å²) in [5.41, 5.74) is 1.55. The second-order valence-corrected chi connectivity index (χ2v) is 4.69. The number of hydrogen-bond acceptors (Lipinski definition) is 5. The molecule has 0 radical (unpaired) electrons. The molecule has 0 bridgehead atoms. The third-order valence-corrected chi connectivity index (χ3v) is 3.07. The van der Waals surface area contributed by atoms with Gasteiger partial charge in [0.15, 0.2) is 0 Å². The van der Waals surface area contributed by atoms with Gasteiger partial charge in [0.2, 0.25) is 0 Å². The molecule has 0 fully saturated rings. The van der Waals surface area contributed by atoms with Crippen molar-refractivity contribution in [1.29, 1.82) is 5.26 Å². The molecule has 0 aliphatic rings. The van der Waals surface area contributed by atoms with E-state index in [4.69, 9.17) is 10.00 Å². The average Bonchev–Trinajstić information content (AvgIpc) is 2.82. The Morgan fingerprint density at radius 1 is 1.56 bits per heavy atom. The minimum absolute atomic E-state index is 0.153. The molecule has 0 saturated heterocycles. The number of carbonyl (C=O) groups is 1. The lowest BCUT2D eigenvalue weighted by Gasteiger charge is -2.02. The van der Waals surface area contributed by atoms with E-state index in [1.165, 1.54) is 17.4 Å². The first-order valence-electron chi connectivity index (χ1n) is 5.27. The summed E-state index contributed by atoms with van der Waals surface area (Å²) >= 11 is 1.51. The van der Waals surface area contributed by atoms with Gasteiger partial charge in [0.1, 0.15) is 6.61 Å². The van der Waals surface area contributed by atoms with Crippen LogP contribution in [-0.2, 0) is 11.3 Å². The van der Waals surface area contributed by atoms with Crippen LogP contribution in [0.5, 0.6) is 0 Å². The van der Waals surface area contributed by atoms with Crippen LogP contribution < -0.4 is 0 Å². The lowest BCUT2D eigenvalue weighted by atomic mass is 10.1. The van der Waals surface area contributed by atoms with Gasteiger partial charge in [-0.05, 0) is 25.1 Å². The zero-order chi connectivity index (χ0) is 13.0. The predicted octanol–water partition coefficient (Wildman–Crippen LogP) is 2.68. The summed E-state index contributed by atoms with van der Waals surface area (Å²) in [7, 11) is 0. The molecule has 2 rings (SSSR count). The van der Waals surface area contributed by atoms with Gasteiger partial charge in [0.05, 0.1) is 27.9 Å². The zero-order valence-corrected chi connectivity index (χ0v) is 10.5. The Morgan fingerprint density at radius 3 is 3.06 bits per heavy atom. The van der Waals surface area contributed by atoms with Gasteiger partial charge in [-0.15, -0.1) is 11.3 Å². The van der Waals surface area contributed by atoms with Crippen molar-refractivity contribution in [2.45, 2.75) is 13.5 Å². The van der Waals surface area contributed by atoms with Crippen LogP contribution in [0.1, 0.15) is 26.6 Å². The number of nitriles is 1. The SMILES string of the molecule is Cc1nc(COC(=O)c2cccc(C#N)c2)cs1. The molecule has 0 unspecified atom stereocenters. The Bertz CT molecular complexity index is 613.